The van der Waals surface area contributed by atoms with E-state index in [-0.39, 0.29) is 12.5 Å². The molecule has 5 nitrogen and oxygen atoms in total. The van der Waals surface area contributed by atoms with Crippen LogP contribution >= 0.6 is 22.9 Å². The molecule has 0 fully saturated rings. The number of para-hydroxylation sites is 2. The molecule has 1 N–H and O–H groups in total. The van der Waals surface area contributed by atoms with Gasteiger partial charge in [-0.3, -0.25) is 10.1 Å². The molecule has 0 radical (unpaired) electrons. The van der Waals surface area contributed by atoms with Crippen LogP contribution < -0.4 is 14.8 Å². The number of fused-ring (bicyclic) bond motifs is 1. The number of nitrogens with one attached hydrogen (secondary N) is 1. The summed E-state index contributed by atoms with van der Waals surface area (Å²) in [6, 6.07) is 10.9. The Morgan fingerprint density at radius 1 is 1.25 bits per heavy atom. The molecule has 0 spiro atoms. The maximum atomic E-state index is 12.1. The van der Waals surface area contributed by atoms with Crippen LogP contribution in [0.2, 0.25) is 5.02 Å². The Hall–Kier alpha value is -2.31. The predicted molar refractivity (Wildman–Crippen MR) is 96.5 cm³/mol. The lowest BCUT2D eigenvalue weighted by atomic mass is 10.2. The van der Waals surface area contributed by atoms with Gasteiger partial charge in [0.25, 0.3) is 5.91 Å². The molecule has 0 bridgehead atoms. The number of hydrogen-bond acceptors (Lipinski definition) is 5. The summed E-state index contributed by atoms with van der Waals surface area (Å²) in [6.07, 6.45) is 0. The monoisotopic (exact) mass is 362 g/mol. The Kier molecular flexibility index (Phi) is 4.87. The van der Waals surface area contributed by atoms with Crippen molar-refractivity contribution in [1.29, 1.82) is 0 Å². The quantitative estimate of drug-likeness (QED) is 0.735. The number of methoxy groups -OCH3 is 1. The molecule has 0 saturated carbocycles. The zero-order valence-corrected chi connectivity index (χ0v) is 14.7. The van der Waals surface area contributed by atoms with Crippen molar-refractivity contribution in [2.75, 3.05) is 19.0 Å². The largest absolute Gasteiger partial charge is 0.493 e. The number of amides is 1. The van der Waals surface area contributed by atoms with E-state index in [1.165, 1.54) is 11.3 Å². The summed E-state index contributed by atoms with van der Waals surface area (Å²) < 4.78 is 11.6. The molecule has 0 aliphatic rings. The van der Waals surface area contributed by atoms with Crippen LogP contribution in [0.4, 0.5) is 5.13 Å². The van der Waals surface area contributed by atoms with Crippen LogP contribution in [-0.2, 0) is 4.79 Å². The lowest BCUT2D eigenvalue weighted by molar-refractivity contribution is -0.118. The fourth-order valence-electron chi connectivity index (χ4n) is 2.19. The predicted octanol–water partition coefficient (Wildman–Crippen LogP) is 4.28. The minimum absolute atomic E-state index is 0.129. The van der Waals surface area contributed by atoms with Gasteiger partial charge in [-0.2, -0.15) is 0 Å². The maximum Gasteiger partial charge on any atom is 0.264 e. The van der Waals surface area contributed by atoms with Gasteiger partial charge < -0.3 is 9.47 Å². The molecule has 3 rings (SSSR count). The molecule has 1 heterocycles. The Morgan fingerprint density at radius 3 is 2.75 bits per heavy atom. The van der Waals surface area contributed by atoms with Gasteiger partial charge in [0.2, 0.25) is 0 Å². The summed E-state index contributed by atoms with van der Waals surface area (Å²) in [4.78, 5) is 16.5. The molecule has 0 unspecified atom stereocenters. The minimum atomic E-state index is -0.288. The zero-order valence-electron chi connectivity index (χ0n) is 13.1. The standard InChI is InChI=1S/C17H15ClN2O3S/c1-10-11(18)7-8-14-16(10)20-17(24-14)19-15(21)9-23-13-6-4-3-5-12(13)22-2/h3-8H,9H2,1-2H3,(H,19,20,21). The Bertz CT molecular complexity index is 895. The average Bonchev–Trinajstić information content (AvgIpc) is 3.00. The van der Waals surface area contributed by atoms with E-state index in [0.29, 0.717) is 21.7 Å². The summed E-state index contributed by atoms with van der Waals surface area (Å²) in [6.45, 7) is 1.77. The third-order valence-electron chi connectivity index (χ3n) is 3.42. The van der Waals surface area contributed by atoms with Gasteiger partial charge in [-0.1, -0.05) is 35.1 Å². The molecular weight excluding hydrogens is 348 g/mol. The van der Waals surface area contributed by atoms with Gasteiger partial charge in [-0.25, -0.2) is 4.98 Å². The van der Waals surface area contributed by atoms with E-state index in [0.717, 1.165) is 15.8 Å². The Balaban J connectivity index is 1.68. The number of rotatable bonds is 5. The first kappa shape index (κ1) is 16.5. The molecule has 0 aliphatic heterocycles. The molecule has 0 atom stereocenters. The molecular formula is C17H15ClN2O3S. The van der Waals surface area contributed by atoms with Crippen LogP contribution in [0.1, 0.15) is 5.56 Å². The van der Waals surface area contributed by atoms with Crippen molar-refractivity contribution >= 4 is 44.2 Å². The summed E-state index contributed by atoms with van der Waals surface area (Å²) in [5.41, 5.74) is 1.70. The summed E-state index contributed by atoms with van der Waals surface area (Å²) in [5.74, 6) is 0.807. The van der Waals surface area contributed by atoms with E-state index < -0.39 is 0 Å². The van der Waals surface area contributed by atoms with Crippen LogP contribution in [0, 0.1) is 6.92 Å². The van der Waals surface area contributed by atoms with Crippen molar-refractivity contribution < 1.29 is 14.3 Å². The summed E-state index contributed by atoms with van der Waals surface area (Å²) in [5, 5.41) is 3.92. The highest BCUT2D eigenvalue weighted by Gasteiger charge is 2.12. The van der Waals surface area contributed by atoms with Crippen molar-refractivity contribution in [3.8, 4) is 11.5 Å². The van der Waals surface area contributed by atoms with Crippen LogP contribution in [0.25, 0.3) is 10.2 Å². The lowest BCUT2D eigenvalue weighted by Gasteiger charge is -2.09. The first-order valence-corrected chi connectivity index (χ1v) is 8.39. The molecule has 3 aromatic rings. The van der Waals surface area contributed by atoms with E-state index in [1.54, 1.807) is 19.2 Å². The van der Waals surface area contributed by atoms with Crippen LogP contribution in [0.5, 0.6) is 11.5 Å². The van der Waals surface area contributed by atoms with E-state index in [4.69, 9.17) is 21.1 Å². The number of ether oxygens (including phenoxy) is 2. The maximum absolute atomic E-state index is 12.1. The lowest BCUT2D eigenvalue weighted by Crippen LogP contribution is -2.20. The van der Waals surface area contributed by atoms with Gasteiger partial charge in [0.1, 0.15) is 0 Å². The number of aryl methyl sites for hydroxylation is 1. The number of anilines is 1. The highest BCUT2D eigenvalue weighted by atomic mass is 35.5. The van der Waals surface area contributed by atoms with E-state index in [2.05, 4.69) is 10.3 Å². The van der Waals surface area contributed by atoms with Gasteiger partial charge >= 0.3 is 0 Å². The molecule has 0 saturated heterocycles. The molecule has 124 valence electrons. The summed E-state index contributed by atoms with van der Waals surface area (Å²) >= 11 is 7.49. The fraction of sp³-hybridized carbons (Fsp3) is 0.176. The molecule has 2 aromatic carbocycles. The molecule has 24 heavy (non-hydrogen) atoms. The van der Waals surface area contributed by atoms with Crippen molar-refractivity contribution in [3.63, 3.8) is 0 Å². The van der Waals surface area contributed by atoms with E-state index in [9.17, 15) is 4.79 Å². The minimum Gasteiger partial charge on any atom is -0.493 e. The van der Waals surface area contributed by atoms with Gasteiger partial charge in [0, 0.05) is 5.02 Å². The second-order valence-electron chi connectivity index (χ2n) is 5.03. The molecule has 1 amide bonds. The molecule has 7 heteroatoms. The van der Waals surface area contributed by atoms with Crippen molar-refractivity contribution in [1.82, 2.24) is 4.98 Å². The van der Waals surface area contributed by atoms with Crippen molar-refractivity contribution in [2.24, 2.45) is 0 Å². The van der Waals surface area contributed by atoms with Crippen LogP contribution in [-0.4, -0.2) is 24.6 Å². The SMILES string of the molecule is COc1ccccc1OCC(=O)Nc1nc2c(C)c(Cl)ccc2s1. The second kappa shape index (κ2) is 7.07. The highest BCUT2D eigenvalue weighted by Crippen LogP contribution is 2.31. The highest BCUT2D eigenvalue weighted by molar-refractivity contribution is 7.22. The number of benzene rings is 2. The van der Waals surface area contributed by atoms with Gasteiger partial charge in [0.05, 0.1) is 17.3 Å². The zero-order chi connectivity index (χ0) is 17.1. The van der Waals surface area contributed by atoms with E-state index in [1.807, 2.05) is 31.2 Å². The number of carbonyl (C=O) groups excluding carboxylic acids is 1. The number of aromatic nitrogens is 1. The van der Waals surface area contributed by atoms with E-state index >= 15 is 0 Å². The molecule has 0 aliphatic carbocycles. The number of halogens is 1. The van der Waals surface area contributed by atoms with Crippen LogP contribution in [0.3, 0.4) is 0 Å². The van der Waals surface area contributed by atoms with Crippen LogP contribution in [0.15, 0.2) is 36.4 Å². The number of thiazole rings is 1. The number of nitrogens with zero attached hydrogens (tertiary/aromatic N) is 1. The average molecular weight is 363 g/mol. The fourth-order valence-corrected chi connectivity index (χ4v) is 3.28. The normalized spacial score (nSPS) is 10.6. The topological polar surface area (TPSA) is 60.5 Å². The smallest absolute Gasteiger partial charge is 0.264 e. The van der Waals surface area contributed by atoms with Crippen molar-refractivity contribution in [3.05, 3.63) is 47.0 Å². The number of hydrogen-bond donors (Lipinski definition) is 1. The second-order valence-corrected chi connectivity index (χ2v) is 6.46. The number of carbonyl (C=O) groups is 1. The first-order chi connectivity index (χ1) is 11.6. The Morgan fingerprint density at radius 2 is 2.00 bits per heavy atom. The first-order valence-electron chi connectivity index (χ1n) is 7.20. The Labute approximate surface area is 148 Å². The van der Waals surface area contributed by atoms with Gasteiger partial charge in [-0.05, 0) is 36.8 Å². The van der Waals surface area contributed by atoms with Crippen molar-refractivity contribution in [2.45, 2.75) is 6.92 Å². The van der Waals surface area contributed by atoms with Gasteiger partial charge in [0.15, 0.2) is 23.2 Å². The third-order valence-corrected chi connectivity index (χ3v) is 4.77. The third kappa shape index (κ3) is 3.44. The summed E-state index contributed by atoms with van der Waals surface area (Å²) in [7, 11) is 1.55. The van der Waals surface area contributed by atoms with Gasteiger partial charge in [-0.15, -0.1) is 0 Å². The molecule has 1 aromatic heterocycles.